The van der Waals surface area contributed by atoms with E-state index in [0.29, 0.717) is 11.9 Å². The Morgan fingerprint density at radius 2 is 2.13 bits per heavy atom. The van der Waals surface area contributed by atoms with E-state index < -0.39 is 0 Å². The summed E-state index contributed by atoms with van der Waals surface area (Å²) in [6, 6.07) is 4.37. The van der Waals surface area contributed by atoms with Crippen molar-refractivity contribution < 1.29 is 4.74 Å². The quantitative estimate of drug-likeness (QED) is 0.788. The fourth-order valence-electron chi connectivity index (χ4n) is 2.77. The zero-order valence-electron chi connectivity index (χ0n) is 13.5. The smallest absolute Gasteiger partial charge is 0.180 e. The molecule has 6 heteroatoms. The molecule has 1 aliphatic rings. The molecule has 0 aromatic carbocycles. The van der Waals surface area contributed by atoms with Crippen LogP contribution in [0.4, 0.5) is 0 Å². The molecule has 3 heterocycles. The van der Waals surface area contributed by atoms with Crippen LogP contribution in [0.3, 0.4) is 0 Å². The number of rotatable bonds is 7. The van der Waals surface area contributed by atoms with Crippen molar-refractivity contribution in [2.45, 2.75) is 38.6 Å². The van der Waals surface area contributed by atoms with Crippen LogP contribution in [0, 0.1) is 6.92 Å². The molecule has 0 unspecified atom stereocenters. The number of hydrogen-bond donors (Lipinski definition) is 1. The van der Waals surface area contributed by atoms with Crippen LogP contribution in [-0.4, -0.2) is 46.0 Å². The highest BCUT2D eigenvalue weighted by molar-refractivity contribution is 5.49. The minimum Gasteiger partial charge on any atom is -0.380 e. The summed E-state index contributed by atoms with van der Waals surface area (Å²) in [7, 11) is 0. The molecule has 23 heavy (non-hydrogen) atoms. The van der Waals surface area contributed by atoms with Gasteiger partial charge in [0.15, 0.2) is 5.82 Å². The van der Waals surface area contributed by atoms with E-state index in [0.717, 1.165) is 44.0 Å². The molecule has 3 rings (SSSR count). The lowest BCUT2D eigenvalue weighted by molar-refractivity contribution is 0.114. The Hall–Kier alpha value is -1.92. The normalized spacial score (nSPS) is 17.5. The number of aryl methyl sites for hydroxylation is 2. The molecule has 1 N–H and O–H groups in total. The van der Waals surface area contributed by atoms with E-state index in [2.05, 4.69) is 25.5 Å². The zero-order valence-corrected chi connectivity index (χ0v) is 13.5. The van der Waals surface area contributed by atoms with Crippen LogP contribution in [0.1, 0.15) is 30.5 Å². The third kappa shape index (κ3) is 4.53. The molecule has 1 aliphatic heterocycles. The number of nitrogens with zero attached hydrogens (tertiary/aromatic N) is 4. The van der Waals surface area contributed by atoms with Gasteiger partial charge >= 0.3 is 0 Å². The van der Waals surface area contributed by atoms with Crippen molar-refractivity contribution in [2.24, 2.45) is 0 Å². The Morgan fingerprint density at radius 1 is 1.26 bits per heavy atom. The summed E-state index contributed by atoms with van der Waals surface area (Å²) in [5, 5.41) is 11.9. The van der Waals surface area contributed by atoms with Gasteiger partial charge in [0.05, 0.1) is 12.3 Å². The monoisotopic (exact) mass is 313 g/mol. The van der Waals surface area contributed by atoms with Crippen LogP contribution in [0.2, 0.25) is 0 Å². The minimum absolute atomic E-state index is 0.543. The highest BCUT2D eigenvalue weighted by atomic mass is 16.5. The summed E-state index contributed by atoms with van der Waals surface area (Å²) < 4.78 is 5.77. The van der Waals surface area contributed by atoms with E-state index in [9.17, 15) is 0 Å². The van der Waals surface area contributed by atoms with Crippen molar-refractivity contribution in [3.63, 3.8) is 0 Å². The first-order valence-electron chi connectivity index (χ1n) is 8.24. The summed E-state index contributed by atoms with van der Waals surface area (Å²) in [6.45, 7) is 4.70. The van der Waals surface area contributed by atoms with Gasteiger partial charge < -0.3 is 10.1 Å². The first-order chi connectivity index (χ1) is 11.3. The van der Waals surface area contributed by atoms with Gasteiger partial charge in [-0.1, -0.05) is 0 Å². The Labute approximate surface area is 136 Å². The van der Waals surface area contributed by atoms with Crippen molar-refractivity contribution in [1.29, 1.82) is 0 Å². The van der Waals surface area contributed by atoms with Crippen molar-refractivity contribution in [2.75, 3.05) is 19.8 Å². The standard InChI is InChI=1S/C17H23N5O/c1-13-14(5-3-10-23-12-15-6-2-7-18-15)11-16(22-21-13)17-19-8-4-9-20-17/h4,8-9,11,15,18H,2-3,5-7,10,12H2,1H3/t15-/m0/s1. The molecule has 1 atom stereocenters. The van der Waals surface area contributed by atoms with Crippen LogP contribution >= 0.6 is 0 Å². The lowest BCUT2D eigenvalue weighted by Crippen LogP contribution is -2.26. The van der Waals surface area contributed by atoms with Gasteiger partial charge in [0.1, 0.15) is 5.69 Å². The summed E-state index contributed by atoms with van der Waals surface area (Å²) in [5.74, 6) is 0.616. The van der Waals surface area contributed by atoms with Gasteiger partial charge in [-0.2, -0.15) is 5.10 Å². The Morgan fingerprint density at radius 3 is 2.91 bits per heavy atom. The molecule has 0 radical (unpaired) electrons. The van der Waals surface area contributed by atoms with Gasteiger partial charge in [-0.25, -0.2) is 9.97 Å². The molecule has 1 saturated heterocycles. The summed E-state index contributed by atoms with van der Waals surface area (Å²) >= 11 is 0. The first-order valence-corrected chi connectivity index (χ1v) is 8.24. The third-order valence-electron chi connectivity index (χ3n) is 4.09. The number of nitrogens with one attached hydrogen (secondary N) is 1. The molecule has 0 saturated carbocycles. The van der Waals surface area contributed by atoms with Gasteiger partial charge in [0, 0.05) is 25.0 Å². The van der Waals surface area contributed by atoms with Gasteiger partial charge in [0.25, 0.3) is 0 Å². The van der Waals surface area contributed by atoms with Crippen LogP contribution < -0.4 is 5.32 Å². The fraction of sp³-hybridized carbons (Fsp3) is 0.529. The molecule has 0 spiro atoms. The first kappa shape index (κ1) is 16.0. The average molecular weight is 313 g/mol. The van der Waals surface area contributed by atoms with Gasteiger partial charge in [-0.05, 0) is 56.8 Å². The molecule has 0 amide bonds. The summed E-state index contributed by atoms with van der Waals surface area (Å²) in [6.07, 6.45) is 7.84. The minimum atomic E-state index is 0.543. The second-order valence-corrected chi connectivity index (χ2v) is 5.88. The third-order valence-corrected chi connectivity index (χ3v) is 4.09. The predicted molar refractivity (Wildman–Crippen MR) is 88.0 cm³/mol. The molecular formula is C17H23N5O. The largest absolute Gasteiger partial charge is 0.380 e. The molecule has 1 fully saturated rings. The van der Waals surface area contributed by atoms with E-state index in [-0.39, 0.29) is 0 Å². The Kier molecular flexibility index (Phi) is 5.60. The van der Waals surface area contributed by atoms with Gasteiger partial charge in [0.2, 0.25) is 0 Å². The van der Waals surface area contributed by atoms with Crippen LogP contribution in [0.15, 0.2) is 24.5 Å². The predicted octanol–water partition coefficient (Wildman–Crippen LogP) is 1.94. The maximum atomic E-state index is 5.77. The lowest BCUT2D eigenvalue weighted by atomic mass is 10.1. The molecular weight excluding hydrogens is 290 g/mol. The molecule has 122 valence electrons. The van der Waals surface area contributed by atoms with E-state index in [1.54, 1.807) is 18.5 Å². The molecule has 0 bridgehead atoms. The second-order valence-electron chi connectivity index (χ2n) is 5.88. The SMILES string of the molecule is Cc1nnc(-c2ncccn2)cc1CCCOC[C@@H]1CCCN1. The highest BCUT2D eigenvalue weighted by Crippen LogP contribution is 2.15. The van der Waals surface area contributed by atoms with Crippen molar-refractivity contribution in [3.8, 4) is 11.5 Å². The maximum absolute atomic E-state index is 5.77. The van der Waals surface area contributed by atoms with Crippen LogP contribution in [-0.2, 0) is 11.2 Å². The topological polar surface area (TPSA) is 72.8 Å². The van der Waals surface area contributed by atoms with Crippen molar-refractivity contribution in [1.82, 2.24) is 25.5 Å². The fourth-order valence-corrected chi connectivity index (χ4v) is 2.77. The molecule has 0 aliphatic carbocycles. The summed E-state index contributed by atoms with van der Waals surface area (Å²) in [5.41, 5.74) is 2.87. The van der Waals surface area contributed by atoms with Gasteiger partial charge in [-0.3, -0.25) is 0 Å². The molecule has 2 aromatic heterocycles. The number of ether oxygens (including phenoxy) is 1. The maximum Gasteiger partial charge on any atom is 0.180 e. The number of aromatic nitrogens is 4. The number of hydrogen-bond acceptors (Lipinski definition) is 6. The van der Waals surface area contributed by atoms with E-state index >= 15 is 0 Å². The Bertz CT molecular complexity index is 614. The van der Waals surface area contributed by atoms with Crippen molar-refractivity contribution >= 4 is 0 Å². The second kappa shape index (κ2) is 8.08. The van der Waals surface area contributed by atoms with Crippen molar-refractivity contribution in [3.05, 3.63) is 35.8 Å². The van der Waals surface area contributed by atoms with Crippen LogP contribution in [0.5, 0.6) is 0 Å². The zero-order chi connectivity index (χ0) is 15.9. The average Bonchev–Trinajstić information content (AvgIpc) is 3.10. The van der Waals surface area contributed by atoms with Gasteiger partial charge in [-0.15, -0.1) is 5.10 Å². The van der Waals surface area contributed by atoms with E-state index in [1.807, 2.05) is 13.0 Å². The van der Waals surface area contributed by atoms with E-state index in [1.165, 1.54) is 18.4 Å². The lowest BCUT2D eigenvalue weighted by Gasteiger charge is -2.11. The highest BCUT2D eigenvalue weighted by Gasteiger charge is 2.13. The van der Waals surface area contributed by atoms with Crippen LogP contribution in [0.25, 0.3) is 11.5 Å². The Balaban J connectivity index is 1.51. The molecule has 2 aromatic rings. The molecule has 6 nitrogen and oxygen atoms in total. The van der Waals surface area contributed by atoms with E-state index in [4.69, 9.17) is 4.74 Å². The summed E-state index contributed by atoms with van der Waals surface area (Å²) in [4.78, 5) is 8.46.